The molecule has 0 radical (unpaired) electrons. The normalized spacial score (nSPS) is 20.2. The molecule has 1 aromatic carbocycles. The number of aromatic nitrogens is 2. The highest BCUT2D eigenvalue weighted by atomic mass is 16.6. The number of rotatable bonds is 9. The number of carbonyl (C=O) groups is 1. The maximum Gasteiger partial charge on any atom is 0.343 e. The molecule has 0 spiro atoms. The quantitative estimate of drug-likeness (QED) is 0.208. The van der Waals surface area contributed by atoms with Gasteiger partial charge in [0.05, 0.1) is 11.1 Å². The van der Waals surface area contributed by atoms with E-state index in [1.165, 1.54) is 23.8 Å². The molecule has 2 aromatic heterocycles. The Balaban J connectivity index is 1.61. The Kier molecular flexibility index (Phi) is 6.57. The predicted octanol–water partition coefficient (Wildman–Crippen LogP) is 4.19. The minimum atomic E-state index is -1.94. The highest BCUT2D eigenvalue weighted by Crippen LogP contribution is 2.42. The number of pyridine rings is 2. The van der Waals surface area contributed by atoms with Crippen LogP contribution in [-0.2, 0) is 26.5 Å². The van der Waals surface area contributed by atoms with Gasteiger partial charge in [-0.1, -0.05) is 58.1 Å². The second kappa shape index (κ2) is 9.67. The van der Waals surface area contributed by atoms with E-state index in [4.69, 9.17) is 9.47 Å². The molecule has 0 aliphatic carbocycles. The van der Waals surface area contributed by atoms with E-state index in [0.29, 0.717) is 29.1 Å². The van der Waals surface area contributed by atoms with Crippen molar-refractivity contribution in [2.45, 2.75) is 77.2 Å². The van der Waals surface area contributed by atoms with Crippen LogP contribution in [0, 0.1) is 5.21 Å². The van der Waals surface area contributed by atoms with Gasteiger partial charge in [0, 0.05) is 23.6 Å². The zero-order valence-corrected chi connectivity index (χ0v) is 20.8. The number of cyclic esters (lactones) is 1. The van der Waals surface area contributed by atoms with Gasteiger partial charge in [-0.25, -0.2) is 4.79 Å². The van der Waals surface area contributed by atoms with E-state index < -0.39 is 23.4 Å². The Morgan fingerprint density at radius 2 is 1.89 bits per heavy atom. The molecule has 3 aromatic rings. The Labute approximate surface area is 209 Å². The van der Waals surface area contributed by atoms with Crippen molar-refractivity contribution in [3.8, 4) is 11.4 Å². The van der Waals surface area contributed by atoms with E-state index >= 15 is 0 Å². The summed E-state index contributed by atoms with van der Waals surface area (Å²) >= 11 is 0. The van der Waals surface area contributed by atoms with Crippen molar-refractivity contribution in [2.24, 2.45) is 0 Å². The summed E-state index contributed by atoms with van der Waals surface area (Å²) in [7, 11) is 0. The van der Waals surface area contributed by atoms with E-state index in [2.05, 4.69) is 6.92 Å². The van der Waals surface area contributed by atoms with Crippen LogP contribution in [0.3, 0.4) is 0 Å². The van der Waals surface area contributed by atoms with Gasteiger partial charge in [-0.05, 0) is 31.0 Å². The molecule has 8 heteroatoms. The Hall–Kier alpha value is -3.23. The lowest BCUT2D eigenvalue weighted by Gasteiger charge is -2.32. The predicted molar refractivity (Wildman–Crippen MR) is 134 cm³/mol. The lowest BCUT2D eigenvalue weighted by molar-refractivity contribution is -0.565. The van der Waals surface area contributed by atoms with Gasteiger partial charge in [-0.15, -0.1) is 0 Å². The standard InChI is InChI=1S/C28H32N2O6/c1-3-5-6-7-8-11-14-35-26-19-15-18-12-9-10-13-22(18)30(34)24(19)23-16-21-20(25(31)29(23)26)17-36-27(32)28(21,33)4-2/h9-10,12-13,15-16,26,33H,3-8,11,14,17H2,1-2H3/t26?,28-/m0/s1. The van der Waals surface area contributed by atoms with Gasteiger partial charge in [0.25, 0.3) is 5.56 Å². The highest BCUT2D eigenvalue weighted by molar-refractivity contribution is 5.85. The number of unbranched alkanes of at least 4 members (excludes halogenated alkanes) is 5. The molecule has 190 valence electrons. The number of nitrogens with zero attached hydrogens (tertiary/aromatic N) is 2. The maximum atomic E-state index is 13.8. The number of benzene rings is 1. The van der Waals surface area contributed by atoms with Crippen LogP contribution in [0.5, 0.6) is 0 Å². The van der Waals surface area contributed by atoms with Gasteiger partial charge >= 0.3 is 5.97 Å². The van der Waals surface area contributed by atoms with Crippen LogP contribution in [0.15, 0.2) is 41.2 Å². The van der Waals surface area contributed by atoms with E-state index in [9.17, 15) is 19.9 Å². The molecule has 0 saturated carbocycles. The molecule has 8 nitrogen and oxygen atoms in total. The van der Waals surface area contributed by atoms with Gasteiger partial charge < -0.3 is 19.8 Å². The number of ether oxygens (including phenoxy) is 2. The molecule has 4 heterocycles. The molecular weight excluding hydrogens is 460 g/mol. The third-order valence-electron chi connectivity index (χ3n) is 7.45. The zero-order valence-electron chi connectivity index (χ0n) is 20.8. The summed E-state index contributed by atoms with van der Waals surface area (Å²) < 4.78 is 13.8. The molecule has 0 amide bonds. The first-order chi connectivity index (χ1) is 17.4. The number of para-hydroxylation sites is 1. The SMILES string of the molecule is CCCCCCCCOC1c2cc3ccccc3[n+]([O-])c2-c2cc3c(c(=O)n21)COC(=O)[C@]3(O)CC. The molecular formula is C28H32N2O6. The van der Waals surface area contributed by atoms with Gasteiger partial charge in [-0.2, -0.15) is 4.73 Å². The minimum absolute atomic E-state index is 0.0433. The van der Waals surface area contributed by atoms with Gasteiger partial charge in [0.1, 0.15) is 12.3 Å². The van der Waals surface area contributed by atoms with Crippen molar-refractivity contribution in [3.63, 3.8) is 0 Å². The van der Waals surface area contributed by atoms with Crippen LogP contribution in [0.2, 0.25) is 0 Å². The summed E-state index contributed by atoms with van der Waals surface area (Å²) in [6.45, 7) is 4.06. The zero-order chi connectivity index (χ0) is 25.4. The lowest BCUT2D eigenvalue weighted by Crippen LogP contribution is -2.45. The summed E-state index contributed by atoms with van der Waals surface area (Å²) in [5.41, 5.74) is -0.238. The van der Waals surface area contributed by atoms with Crippen molar-refractivity contribution in [3.05, 3.63) is 68.6 Å². The number of esters is 1. The number of hydrogen-bond acceptors (Lipinski definition) is 6. The van der Waals surface area contributed by atoms with Gasteiger partial charge in [0.15, 0.2) is 11.8 Å². The molecule has 0 saturated heterocycles. The molecule has 0 fully saturated rings. The fraction of sp³-hybridized carbons (Fsp3) is 0.464. The summed E-state index contributed by atoms with van der Waals surface area (Å²) in [4.78, 5) is 26.2. The molecule has 0 bridgehead atoms. The molecule has 2 aliphatic heterocycles. The summed E-state index contributed by atoms with van der Waals surface area (Å²) in [6.07, 6.45) is 5.88. The van der Waals surface area contributed by atoms with Crippen molar-refractivity contribution < 1.29 is 24.1 Å². The van der Waals surface area contributed by atoms with Gasteiger partial charge in [0.2, 0.25) is 11.2 Å². The summed E-state index contributed by atoms with van der Waals surface area (Å²) in [5.74, 6) is -0.788. The fourth-order valence-electron chi connectivity index (χ4n) is 5.38. The summed E-state index contributed by atoms with van der Waals surface area (Å²) in [5, 5.41) is 25.5. The van der Waals surface area contributed by atoms with Crippen LogP contribution >= 0.6 is 0 Å². The monoisotopic (exact) mass is 492 g/mol. The van der Waals surface area contributed by atoms with Crippen LogP contribution in [0.25, 0.3) is 22.3 Å². The first-order valence-corrected chi connectivity index (χ1v) is 12.9. The van der Waals surface area contributed by atoms with Crippen LogP contribution in [-0.4, -0.2) is 22.2 Å². The topological polar surface area (TPSA) is 105 Å². The number of hydrogen-bond donors (Lipinski definition) is 1. The van der Waals surface area contributed by atoms with E-state index in [-0.39, 0.29) is 24.2 Å². The van der Waals surface area contributed by atoms with Crippen LogP contribution in [0.4, 0.5) is 0 Å². The van der Waals surface area contributed by atoms with Crippen molar-refractivity contribution in [1.82, 2.24) is 4.57 Å². The van der Waals surface area contributed by atoms with Crippen LogP contribution in [0.1, 0.15) is 81.7 Å². The average Bonchev–Trinajstić information content (AvgIpc) is 3.20. The third kappa shape index (κ3) is 3.79. The Bertz CT molecular complexity index is 1380. The van der Waals surface area contributed by atoms with Crippen LogP contribution < -0.4 is 10.3 Å². The molecule has 5 rings (SSSR count). The first kappa shape index (κ1) is 24.5. The van der Waals surface area contributed by atoms with E-state index in [0.717, 1.165) is 29.4 Å². The maximum absolute atomic E-state index is 13.8. The highest BCUT2D eigenvalue weighted by Gasteiger charge is 2.47. The first-order valence-electron chi connectivity index (χ1n) is 12.9. The molecule has 1 unspecified atom stereocenters. The Morgan fingerprint density at radius 1 is 1.14 bits per heavy atom. The largest absolute Gasteiger partial charge is 0.618 e. The second-order valence-electron chi connectivity index (χ2n) is 9.68. The molecule has 36 heavy (non-hydrogen) atoms. The smallest absolute Gasteiger partial charge is 0.343 e. The van der Waals surface area contributed by atoms with Gasteiger partial charge in [-0.3, -0.25) is 9.36 Å². The average molecular weight is 493 g/mol. The minimum Gasteiger partial charge on any atom is -0.618 e. The van der Waals surface area contributed by atoms with Crippen molar-refractivity contribution in [1.29, 1.82) is 0 Å². The van der Waals surface area contributed by atoms with E-state index in [1.807, 2.05) is 18.2 Å². The van der Waals surface area contributed by atoms with E-state index in [1.54, 1.807) is 25.1 Å². The fourth-order valence-corrected chi connectivity index (χ4v) is 5.38. The molecule has 2 aliphatic rings. The van der Waals surface area contributed by atoms with Crippen molar-refractivity contribution >= 4 is 16.9 Å². The second-order valence-corrected chi connectivity index (χ2v) is 9.68. The summed E-state index contributed by atoms with van der Waals surface area (Å²) in [6, 6.07) is 10.7. The third-order valence-corrected chi connectivity index (χ3v) is 7.45. The number of aliphatic hydroxyl groups is 1. The van der Waals surface area contributed by atoms with Crippen molar-refractivity contribution in [2.75, 3.05) is 6.61 Å². The molecule has 1 N–H and O–H groups in total. The number of fused-ring (bicyclic) bond motifs is 5. The molecule has 2 atom stereocenters. The number of carbonyl (C=O) groups excluding carboxylic acids is 1. The lowest BCUT2D eigenvalue weighted by atomic mass is 9.86. The Morgan fingerprint density at radius 3 is 2.67 bits per heavy atom.